The van der Waals surface area contributed by atoms with Crippen molar-refractivity contribution in [1.29, 1.82) is 0 Å². The Morgan fingerprint density at radius 2 is 1.71 bits per heavy atom. The van der Waals surface area contributed by atoms with Crippen LogP contribution >= 0.6 is 11.8 Å². The Balaban J connectivity index is 3.07. The van der Waals surface area contributed by atoms with E-state index in [2.05, 4.69) is 32.9 Å². The molecule has 0 spiro atoms. The Bertz CT molecular complexity index is 407. The number of aryl methyl sites for hydroxylation is 2. The molecule has 94 valence electrons. The maximum atomic E-state index is 10.6. The summed E-state index contributed by atoms with van der Waals surface area (Å²) in [6.45, 7) is 10.7. The second kappa shape index (κ2) is 5.13. The lowest BCUT2D eigenvalue weighted by Gasteiger charge is -2.22. The largest absolute Gasteiger partial charge is 0.481 e. The van der Waals surface area contributed by atoms with E-state index in [-0.39, 0.29) is 11.2 Å². The summed E-state index contributed by atoms with van der Waals surface area (Å²) in [5.41, 5.74) is 3.76. The lowest BCUT2D eigenvalue weighted by atomic mass is 9.85. The molecule has 0 bridgehead atoms. The van der Waals surface area contributed by atoms with E-state index in [4.69, 9.17) is 5.11 Å². The summed E-state index contributed by atoms with van der Waals surface area (Å²) in [7, 11) is 0. The molecule has 1 N–H and O–H groups in total. The average molecular weight is 252 g/mol. The maximum absolute atomic E-state index is 10.6. The van der Waals surface area contributed by atoms with Gasteiger partial charge in [-0.05, 0) is 36.0 Å². The number of carboxylic acid groups (broad SMARTS) is 1. The summed E-state index contributed by atoms with van der Waals surface area (Å²) in [5.74, 6) is -0.648. The molecule has 0 aliphatic rings. The van der Waals surface area contributed by atoms with Gasteiger partial charge in [0.1, 0.15) is 0 Å². The SMILES string of the molecule is Cc1cc(C(C)(C)C)cc(C)c1SCC(=O)O. The zero-order chi connectivity index (χ0) is 13.2. The minimum atomic E-state index is -0.770. The van der Waals surface area contributed by atoms with Gasteiger partial charge < -0.3 is 5.11 Å². The quantitative estimate of drug-likeness (QED) is 0.832. The van der Waals surface area contributed by atoms with Crippen LogP contribution in [0.1, 0.15) is 37.5 Å². The minimum Gasteiger partial charge on any atom is -0.481 e. The lowest BCUT2D eigenvalue weighted by molar-refractivity contribution is -0.133. The zero-order valence-electron chi connectivity index (χ0n) is 11.1. The van der Waals surface area contributed by atoms with E-state index in [0.29, 0.717) is 0 Å². The summed E-state index contributed by atoms with van der Waals surface area (Å²) >= 11 is 1.40. The Labute approximate surface area is 107 Å². The van der Waals surface area contributed by atoms with E-state index in [0.717, 1.165) is 4.90 Å². The van der Waals surface area contributed by atoms with Crippen LogP contribution < -0.4 is 0 Å². The molecule has 0 saturated heterocycles. The fourth-order valence-corrected chi connectivity index (χ4v) is 2.59. The van der Waals surface area contributed by atoms with Crippen LogP contribution in [-0.4, -0.2) is 16.8 Å². The summed E-state index contributed by atoms with van der Waals surface area (Å²) in [6, 6.07) is 4.33. The topological polar surface area (TPSA) is 37.3 Å². The summed E-state index contributed by atoms with van der Waals surface area (Å²) in [6.07, 6.45) is 0. The molecule has 0 radical (unpaired) electrons. The first-order valence-corrected chi connectivity index (χ1v) is 6.66. The lowest BCUT2D eigenvalue weighted by Crippen LogP contribution is -2.12. The molecule has 1 aromatic rings. The molecule has 0 amide bonds. The van der Waals surface area contributed by atoms with Crippen LogP contribution in [0.15, 0.2) is 17.0 Å². The van der Waals surface area contributed by atoms with Crippen molar-refractivity contribution < 1.29 is 9.90 Å². The summed E-state index contributed by atoms with van der Waals surface area (Å²) in [4.78, 5) is 11.7. The number of carbonyl (C=O) groups is 1. The molecule has 0 saturated carbocycles. The fraction of sp³-hybridized carbons (Fsp3) is 0.500. The number of thioether (sulfide) groups is 1. The molecular weight excluding hydrogens is 232 g/mol. The van der Waals surface area contributed by atoms with Crippen molar-refractivity contribution in [1.82, 2.24) is 0 Å². The second-order valence-electron chi connectivity index (χ2n) is 5.37. The second-order valence-corrected chi connectivity index (χ2v) is 6.36. The molecule has 2 nitrogen and oxygen atoms in total. The van der Waals surface area contributed by atoms with Crippen LogP contribution in [-0.2, 0) is 10.2 Å². The van der Waals surface area contributed by atoms with Gasteiger partial charge in [-0.1, -0.05) is 32.9 Å². The van der Waals surface area contributed by atoms with Crippen molar-refractivity contribution in [2.24, 2.45) is 0 Å². The van der Waals surface area contributed by atoms with Gasteiger partial charge in [-0.3, -0.25) is 4.79 Å². The number of aliphatic carboxylic acids is 1. The van der Waals surface area contributed by atoms with Crippen molar-refractivity contribution in [3.05, 3.63) is 28.8 Å². The third kappa shape index (κ3) is 3.77. The van der Waals surface area contributed by atoms with Crippen LogP contribution in [0, 0.1) is 13.8 Å². The Kier molecular flexibility index (Phi) is 4.26. The van der Waals surface area contributed by atoms with Crippen molar-refractivity contribution >= 4 is 17.7 Å². The molecule has 0 aliphatic carbocycles. The predicted molar refractivity (Wildman–Crippen MR) is 73.0 cm³/mol. The highest BCUT2D eigenvalue weighted by Crippen LogP contribution is 2.31. The van der Waals surface area contributed by atoms with E-state index in [1.807, 2.05) is 13.8 Å². The molecule has 0 fully saturated rings. The molecule has 17 heavy (non-hydrogen) atoms. The van der Waals surface area contributed by atoms with Crippen LogP contribution in [0.4, 0.5) is 0 Å². The molecule has 1 aromatic carbocycles. The molecule has 0 heterocycles. The molecule has 3 heteroatoms. The number of carboxylic acids is 1. The number of hydrogen-bond acceptors (Lipinski definition) is 2. The van der Waals surface area contributed by atoms with E-state index in [1.54, 1.807) is 0 Å². The molecular formula is C14H20O2S. The van der Waals surface area contributed by atoms with Crippen LogP contribution in [0.3, 0.4) is 0 Å². The smallest absolute Gasteiger partial charge is 0.313 e. The van der Waals surface area contributed by atoms with Gasteiger partial charge in [0.25, 0.3) is 0 Å². The Hall–Kier alpha value is -0.960. The summed E-state index contributed by atoms with van der Waals surface area (Å²) < 4.78 is 0. The number of hydrogen-bond donors (Lipinski definition) is 1. The van der Waals surface area contributed by atoms with E-state index in [1.165, 1.54) is 28.5 Å². The van der Waals surface area contributed by atoms with Gasteiger partial charge in [0.05, 0.1) is 5.75 Å². The predicted octanol–water partition coefficient (Wildman–Crippen LogP) is 3.78. The van der Waals surface area contributed by atoms with Gasteiger partial charge in [0.15, 0.2) is 0 Å². The van der Waals surface area contributed by atoms with Crippen LogP contribution in [0.5, 0.6) is 0 Å². The normalized spacial score (nSPS) is 11.6. The molecule has 1 rings (SSSR count). The minimum absolute atomic E-state index is 0.122. The van der Waals surface area contributed by atoms with E-state index < -0.39 is 5.97 Å². The Morgan fingerprint density at radius 3 is 2.06 bits per heavy atom. The van der Waals surface area contributed by atoms with Crippen molar-refractivity contribution in [3.8, 4) is 0 Å². The van der Waals surface area contributed by atoms with Gasteiger partial charge in [-0.25, -0.2) is 0 Å². The van der Waals surface area contributed by atoms with Crippen molar-refractivity contribution in [2.45, 2.75) is 44.9 Å². The van der Waals surface area contributed by atoms with Crippen LogP contribution in [0.25, 0.3) is 0 Å². The van der Waals surface area contributed by atoms with Gasteiger partial charge in [0, 0.05) is 4.90 Å². The third-order valence-electron chi connectivity index (χ3n) is 2.67. The van der Waals surface area contributed by atoms with E-state index in [9.17, 15) is 4.79 Å². The fourth-order valence-electron chi connectivity index (χ4n) is 1.74. The first-order chi connectivity index (χ1) is 7.71. The van der Waals surface area contributed by atoms with Crippen LogP contribution in [0.2, 0.25) is 0 Å². The number of benzene rings is 1. The average Bonchev–Trinajstić information content (AvgIpc) is 2.14. The van der Waals surface area contributed by atoms with Gasteiger partial charge in [0.2, 0.25) is 0 Å². The Morgan fingerprint density at radius 1 is 1.24 bits per heavy atom. The molecule has 0 aromatic heterocycles. The van der Waals surface area contributed by atoms with Gasteiger partial charge >= 0.3 is 5.97 Å². The standard InChI is InChI=1S/C14H20O2S/c1-9-6-11(14(3,4)5)7-10(2)13(9)17-8-12(15)16/h6-7H,8H2,1-5H3,(H,15,16). The molecule has 0 atom stereocenters. The zero-order valence-corrected chi connectivity index (χ0v) is 11.9. The number of rotatable bonds is 3. The first-order valence-electron chi connectivity index (χ1n) is 5.68. The van der Waals surface area contributed by atoms with Crippen molar-refractivity contribution in [2.75, 3.05) is 5.75 Å². The monoisotopic (exact) mass is 252 g/mol. The van der Waals surface area contributed by atoms with E-state index >= 15 is 0 Å². The van der Waals surface area contributed by atoms with Crippen molar-refractivity contribution in [3.63, 3.8) is 0 Å². The molecule has 0 aliphatic heterocycles. The van der Waals surface area contributed by atoms with Gasteiger partial charge in [-0.2, -0.15) is 0 Å². The highest BCUT2D eigenvalue weighted by Gasteiger charge is 2.16. The van der Waals surface area contributed by atoms with Gasteiger partial charge in [-0.15, -0.1) is 11.8 Å². The third-order valence-corrected chi connectivity index (χ3v) is 3.99. The summed E-state index contributed by atoms with van der Waals surface area (Å²) in [5, 5.41) is 8.72. The highest BCUT2D eigenvalue weighted by molar-refractivity contribution is 8.00. The molecule has 0 unspecified atom stereocenters. The first kappa shape index (κ1) is 14.1. The highest BCUT2D eigenvalue weighted by atomic mass is 32.2. The maximum Gasteiger partial charge on any atom is 0.313 e.